The molecular weight excluding hydrogens is 109 g/mol. The van der Waals surface area contributed by atoms with Crippen LogP contribution in [0.4, 0.5) is 4.39 Å². The Morgan fingerprint density at radius 2 is 2.38 bits per heavy atom. The summed E-state index contributed by atoms with van der Waals surface area (Å²) in [6, 6.07) is -0.0741. The summed E-state index contributed by atoms with van der Waals surface area (Å²) in [5.74, 6) is 0. The second-order valence-electron chi connectivity index (χ2n) is 2.20. The lowest BCUT2D eigenvalue weighted by atomic mass is 10.6. The maximum atomic E-state index is 12.0. The van der Waals surface area contributed by atoms with E-state index in [0.717, 1.165) is 0 Å². The molecule has 0 aliphatic heterocycles. The summed E-state index contributed by atoms with van der Waals surface area (Å²) in [4.78, 5) is 0. The van der Waals surface area contributed by atoms with E-state index in [2.05, 4.69) is 5.32 Å². The summed E-state index contributed by atoms with van der Waals surface area (Å²) in [6.07, 6.45) is -0.726. The van der Waals surface area contributed by atoms with Gasteiger partial charge in [0, 0.05) is 6.04 Å². The fourth-order valence-electron chi connectivity index (χ4n) is 0.646. The lowest BCUT2D eigenvalue weighted by molar-refractivity contribution is 0.150. The van der Waals surface area contributed by atoms with Crippen molar-refractivity contribution in [1.29, 1.82) is 0 Å². The second-order valence-corrected chi connectivity index (χ2v) is 2.20. The van der Waals surface area contributed by atoms with Crippen LogP contribution in [0.1, 0.15) is 13.3 Å². The first-order valence-electron chi connectivity index (χ1n) is 2.78. The summed E-state index contributed by atoms with van der Waals surface area (Å²) in [7, 11) is 0. The Balaban J connectivity index is 2.05. The summed E-state index contributed by atoms with van der Waals surface area (Å²) >= 11 is 0. The number of rotatable bonds is 2. The third kappa shape index (κ3) is 1.42. The lowest BCUT2D eigenvalue weighted by Gasteiger charge is -2.02. The third-order valence-corrected chi connectivity index (χ3v) is 1.17. The van der Waals surface area contributed by atoms with Gasteiger partial charge in [0.15, 0.2) is 0 Å². The van der Waals surface area contributed by atoms with Crippen LogP contribution in [0.5, 0.6) is 0 Å². The molecule has 0 aromatic heterocycles. The quantitative estimate of drug-likeness (QED) is 0.502. The summed E-state index contributed by atoms with van der Waals surface area (Å²) in [5.41, 5.74) is 0. The van der Waals surface area contributed by atoms with Crippen LogP contribution < -0.4 is 5.32 Å². The summed E-state index contributed by atoms with van der Waals surface area (Å²) in [5, 5.41) is 11.2. The summed E-state index contributed by atoms with van der Waals surface area (Å²) < 4.78 is 12.0. The predicted molar refractivity (Wildman–Crippen MR) is 28.1 cm³/mol. The topological polar surface area (TPSA) is 32.3 Å². The maximum absolute atomic E-state index is 12.0. The molecule has 2 nitrogen and oxygen atoms in total. The fourth-order valence-corrected chi connectivity index (χ4v) is 0.646. The van der Waals surface area contributed by atoms with Crippen LogP contribution >= 0.6 is 0 Å². The zero-order valence-electron chi connectivity index (χ0n) is 4.76. The van der Waals surface area contributed by atoms with Gasteiger partial charge in [0.1, 0.15) is 12.4 Å². The molecule has 1 aliphatic rings. The second kappa shape index (κ2) is 1.99. The Labute approximate surface area is 47.7 Å². The zero-order chi connectivity index (χ0) is 6.15. The molecule has 1 fully saturated rings. The molecule has 0 saturated heterocycles. The van der Waals surface area contributed by atoms with Gasteiger partial charge in [0.05, 0.1) is 0 Å². The first-order valence-corrected chi connectivity index (χ1v) is 2.78. The van der Waals surface area contributed by atoms with Gasteiger partial charge in [-0.1, -0.05) is 0 Å². The molecule has 1 saturated carbocycles. The highest BCUT2D eigenvalue weighted by atomic mass is 19.1. The van der Waals surface area contributed by atoms with Crippen molar-refractivity contribution in [2.45, 2.75) is 31.8 Å². The predicted octanol–water partition coefficient (Wildman–Crippen LogP) is 0.0247. The standard InChI is InChI=1S/C5H10FNO/c1-3(8)7-5-2-4(5)6/h3-5,7-8H,2H2,1H3. The van der Waals surface area contributed by atoms with Crippen LogP contribution in [-0.4, -0.2) is 23.5 Å². The molecule has 0 radical (unpaired) electrons. The average molecular weight is 119 g/mol. The minimum atomic E-state index is -0.718. The van der Waals surface area contributed by atoms with Crippen molar-refractivity contribution in [2.75, 3.05) is 0 Å². The molecule has 3 atom stereocenters. The molecule has 0 amide bonds. The van der Waals surface area contributed by atoms with E-state index >= 15 is 0 Å². The molecule has 8 heavy (non-hydrogen) atoms. The average Bonchev–Trinajstić information content (AvgIpc) is 2.17. The van der Waals surface area contributed by atoms with Gasteiger partial charge in [-0.25, -0.2) is 4.39 Å². The van der Waals surface area contributed by atoms with Crippen LogP contribution in [0.3, 0.4) is 0 Å². The van der Waals surface area contributed by atoms with E-state index in [1.165, 1.54) is 0 Å². The Morgan fingerprint density at radius 3 is 2.50 bits per heavy atom. The smallest absolute Gasteiger partial charge is 0.117 e. The van der Waals surface area contributed by atoms with Gasteiger partial charge < -0.3 is 5.11 Å². The molecule has 3 heteroatoms. The molecule has 0 heterocycles. The van der Waals surface area contributed by atoms with E-state index in [-0.39, 0.29) is 6.04 Å². The van der Waals surface area contributed by atoms with Crippen LogP contribution in [0.2, 0.25) is 0 Å². The van der Waals surface area contributed by atoms with Gasteiger partial charge in [-0.15, -0.1) is 0 Å². The molecule has 2 N–H and O–H groups in total. The Bertz CT molecular complexity index is 86.5. The maximum Gasteiger partial charge on any atom is 0.117 e. The number of hydrogen-bond acceptors (Lipinski definition) is 2. The van der Waals surface area contributed by atoms with Crippen LogP contribution in [0.15, 0.2) is 0 Å². The van der Waals surface area contributed by atoms with Crippen molar-refractivity contribution in [1.82, 2.24) is 5.32 Å². The molecule has 0 spiro atoms. The lowest BCUT2D eigenvalue weighted by Crippen LogP contribution is -2.28. The van der Waals surface area contributed by atoms with E-state index in [9.17, 15) is 4.39 Å². The Kier molecular flexibility index (Phi) is 1.49. The van der Waals surface area contributed by atoms with Crippen LogP contribution in [0, 0.1) is 0 Å². The van der Waals surface area contributed by atoms with Crippen molar-refractivity contribution in [3.8, 4) is 0 Å². The highest BCUT2D eigenvalue weighted by molar-refractivity contribution is 4.93. The molecular formula is C5H10FNO. The molecule has 0 aromatic rings. The molecule has 1 aliphatic carbocycles. The van der Waals surface area contributed by atoms with E-state index in [1.807, 2.05) is 0 Å². The number of nitrogens with one attached hydrogen (secondary N) is 1. The normalized spacial score (nSPS) is 39.4. The van der Waals surface area contributed by atoms with Crippen molar-refractivity contribution < 1.29 is 9.50 Å². The third-order valence-electron chi connectivity index (χ3n) is 1.17. The van der Waals surface area contributed by atoms with Crippen molar-refractivity contribution >= 4 is 0 Å². The Hall–Kier alpha value is -0.150. The number of halogens is 1. The van der Waals surface area contributed by atoms with E-state index in [4.69, 9.17) is 5.11 Å². The van der Waals surface area contributed by atoms with Crippen molar-refractivity contribution in [3.05, 3.63) is 0 Å². The van der Waals surface area contributed by atoms with Crippen molar-refractivity contribution in [3.63, 3.8) is 0 Å². The monoisotopic (exact) mass is 119 g/mol. The number of hydrogen-bond donors (Lipinski definition) is 2. The number of aliphatic hydroxyl groups is 1. The van der Waals surface area contributed by atoms with Gasteiger partial charge in [0.25, 0.3) is 0 Å². The molecule has 1 rings (SSSR count). The van der Waals surface area contributed by atoms with E-state index in [0.29, 0.717) is 6.42 Å². The fraction of sp³-hybridized carbons (Fsp3) is 1.00. The first kappa shape index (κ1) is 5.98. The van der Waals surface area contributed by atoms with E-state index in [1.54, 1.807) is 6.92 Å². The van der Waals surface area contributed by atoms with Gasteiger partial charge in [-0.2, -0.15) is 0 Å². The molecule has 48 valence electrons. The van der Waals surface area contributed by atoms with Gasteiger partial charge in [0.2, 0.25) is 0 Å². The van der Waals surface area contributed by atoms with Gasteiger partial charge in [-0.05, 0) is 13.3 Å². The highest BCUT2D eigenvalue weighted by Crippen LogP contribution is 2.24. The molecule has 0 aromatic carbocycles. The SMILES string of the molecule is CC(O)NC1CC1F. The Morgan fingerprint density at radius 1 is 1.88 bits per heavy atom. The zero-order valence-corrected chi connectivity index (χ0v) is 4.76. The largest absolute Gasteiger partial charge is 0.379 e. The van der Waals surface area contributed by atoms with Crippen LogP contribution in [-0.2, 0) is 0 Å². The first-order chi connectivity index (χ1) is 3.70. The molecule has 3 unspecified atom stereocenters. The molecule has 0 bridgehead atoms. The van der Waals surface area contributed by atoms with Crippen LogP contribution in [0.25, 0.3) is 0 Å². The summed E-state index contributed by atoms with van der Waals surface area (Å²) in [6.45, 7) is 1.59. The minimum Gasteiger partial charge on any atom is -0.379 e. The van der Waals surface area contributed by atoms with E-state index < -0.39 is 12.4 Å². The van der Waals surface area contributed by atoms with Crippen molar-refractivity contribution in [2.24, 2.45) is 0 Å². The number of alkyl halides is 1. The van der Waals surface area contributed by atoms with Gasteiger partial charge in [-0.3, -0.25) is 5.32 Å². The highest BCUT2D eigenvalue weighted by Gasteiger charge is 2.37. The van der Waals surface area contributed by atoms with Gasteiger partial charge >= 0.3 is 0 Å². The number of aliphatic hydroxyl groups excluding tert-OH is 1. The minimum absolute atomic E-state index is 0.0741.